The number of carbonyl (C=O) groups excluding carboxylic acids is 2. The van der Waals surface area contributed by atoms with E-state index in [0.29, 0.717) is 12.8 Å². The minimum atomic E-state index is -4.99. The van der Waals surface area contributed by atoms with Crippen LogP contribution in [-0.2, 0) is 11.0 Å². The molecule has 224 valence electrons. The molecule has 41 heavy (non-hydrogen) atoms. The van der Waals surface area contributed by atoms with Gasteiger partial charge in [0.25, 0.3) is 5.91 Å². The third kappa shape index (κ3) is 6.53. The van der Waals surface area contributed by atoms with Gasteiger partial charge in [0, 0.05) is 18.8 Å². The summed E-state index contributed by atoms with van der Waals surface area (Å²) in [6.07, 6.45) is -0.163. The number of aromatic nitrogens is 3. The van der Waals surface area contributed by atoms with E-state index in [0.717, 1.165) is 17.3 Å². The number of Topliss-reactive ketones (excluding diaryl/α,β-unsaturated/α-hetero) is 1. The van der Waals surface area contributed by atoms with Gasteiger partial charge in [0.2, 0.25) is 0 Å². The van der Waals surface area contributed by atoms with Crippen molar-refractivity contribution in [1.82, 2.24) is 20.1 Å². The SMILES string of the molecule is CC1(C(=O)O)CCC(n2ncc(C(=O)NC(CC(=O)c3c(Cl)cncc3Cl)C3(F)CCCCC3)c2C(F)(F)F)CC1. The van der Waals surface area contributed by atoms with Crippen LogP contribution in [-0.4, -0.2) is 49.2 Å². The molecular weight excluding hydrogens is 591 g/mol. The summed E-state index contributed by atoms with van der Waals surface area (Å²) in [5.41, 5.74) is -5.33. The first-order valence-electron chi connectivity index (χ1n) is 13.4. The standard InChI is InChI=1S/C27H30Cl2F4N4O4/c1-25(24(40)41)9-5-15(6-10-25)37-22(27(31,32)33)16(12-35-37)23(39)36-20(26(30)7-3-2-4-8-26)11-19(38)21-17(28)13-34-14-18(21)29/h12-15,20H,2-11H2,1H3,(H,36,39)(H,40,41). The van der Waals surface area contributed by atoms with E-state index in [1.165, 1.54) is 12.4 Å². The van der Waals surface area contributed by atoms with Gasteiger partial charge in [-0.25, -0.2) is 4.39 Å². The molecule has 2 aromatic heterocycles. The van der Waals surface area contributed by atoms with E-state index in [-0.39, 0.29) is 54.1 Å². The lowest BCUT2D eigenvalue weighted by atomic mass is 9.74. The van der Waals surface area contributed by atoms with Crippen LogP contribution in [0.25, 0.3) is 0 Å². The molecule has 14 heteroatoms. The van der Waals surface area contributed by atoms with Gasteiger partial charge in [0.1, 0.15) is 5.67 Å². The Labute approximate surface area is 243 Å². The molecule has 1 atom stereocenters. The third-order valence-electron chi connectivity index (χ3n) is 8.37. The fraction of sp³-hybridized carbons (Fsp3) is 0.593. The smallest absolute Gasteiger partial charge is 0.433 e. The van der Waals surface area contributed by atoms with Crippen molar-refractivity contribution >= 4 is 40.9 Å². The first-order valence-corrected chi connectivity index (χ1v) is 14.1. The number of carboxylic acids is 1. The second-order valence-corrected chi connectivity index (χ2v) is 12.0. The van der Waals surface area contributed by atoms with Crippen molar-refractivity contribution < 1.29 is 37.1 Å². The van der Waals surface area contributed by atoms with Gasteiger partial charge in [-0.2, -0.15) is 18.3 Å². The third-order valence-corrected chi connectivity index (χ3v) is 8.94. The average Bonchev–Trinajstić information content (AvgIpc) is 3.35. The second-order valence-electron chi connectivity index (χ2n) is 11.2. The Morgan fingerprint density at radius 1 is 1.07 bits per heavy atom. The molecule has 0 bridgehead atoms. The number of ketones is 1. The number of halogens is 6. The van der Waals surface area contributed by atoms with Crippen LogP contribution in [0, 0.1) is 5.41 Å². The molecular formula is C27H30Cl2F4N4O4. The van der Waals surface area contributed by atoms with Gasteiger partial charge in [-0.15, -0.1) is 0 Å². The highest BCUT2D eigenvalue weighted by molar-refractivity contribution is 6.39. The quantitative estimate of drug-likeness (QED) is 0.246. The van der Waals surface area contributed by atoms with Crippen LogP contribution in [0.1, 0.15) is 104 Å². The number of nitrogens with zero attached hydrogens (tertiary/aromatic N) is 3. The summed E-state index contributed by atoms with van der Waals surface area (Å²) in [6, 6.07) is -2.24. The number of pyridine rings is 1. The lowest BCUT2D eigenvalue weighted by Crippen LogP contribution is -2.52. The predicted molar refractivity (Wildman–Crippen MR) is 142 cm³/mol. The zero-order valence-electron chi connectivity index (χ0n) is 22.2. The fourth-order valence-electron chi connectivity index (χ4n) is 5.84. The number of hydrogen-bond donors (Lipinski definition) is 2. The van der Waals surface area contributed by atoms with Crippen molar-refractivity contribution in [3.05, 3.63) is 45.5 Å². The highest BCUT2D eigenvalue weighted by Gasteiger charge is 2.47. The van der Waals surface area contributed by atoms with Gasteiger partial charge >= 0.3 is 12.1 Å². The molecule has 2 aromatic rings. The van der Waals surface area contributed by atoms with Crippen LogP contribution in [0.4, 0.5) is 17.6 Å². The molecule has 0 saturated heterocycles. The van der Waals surface area contributed by atoms with Gasteiger partial charge < -0.3 is 10.4 Å². The lowest BCUT2D eigenvalue weighted by molar-refractivity contribution is -0.152. The van der Waals surface area contributed by atoms with Gasteiger partial charge in [-0.05, 0) is 45.4 Å². The Kier molecular flexibility index (Phi) is 9.04. The Morgan fingerprint density at radius 2 is 1.66 bits per heavy atom. The molecule has 1 unspecified atom stereocenters. The Hall–Kier alpha value is -2.73. The molecule has 0 spiro atoms. The molecule has 2 saturated carbocycles. The van der Waals surface area contributed by atoms with Crippen molar-refractivity contribution in [2.45, 2.75) is 95.1 Å². The number of carbonyl (C=O) groups is 3. The van der Waals surface area contributed by atoms with E-state index in [1.54, 1.807) is 6.92 Å². The number of aliphatic carboxylic acids is 1. The molecule has 2 aliphatic carbocycles. The summed E-state index contributed by atoms with van der Waals surface area (Å²) < 4.78 is 59.9. The molecule has 1 amide bonds. The van der Waals surface area contributed by atoms with E-state index in [4.69, 9.17) is 23.2 Å². The molecule has 2 heterocycles. The molecule has 0 radical (unpaired) electrons. The number of rotatable bonds is 8. The summed E-state index contributed by atoms with van der Waals surface area (Å²) in [5.74, 6) is -2.93. The van der Waals surface area contributed by atoms with Gasteiger partial charge in [0.05, 0.1) is 44.9 Å². The normalized spacial score (nSPS) is 23.5. The number of nitrogens with one attached hydrogen (secondary N) is 1. The summed E-state index contributed by atoms with van der Waals surface area (Å²) in [4.78, 5) is 41.9. The van der Waals surface area contributed by atoms with Crippen molar-refractivity contribution in [1.29, 1.82) is 0 Å². The van der Waals surface area contributed by atoms with E-state index in [1.807, 2.05) is 0 Å². The van der Waals surface area contributed by atoms with Crippen molar-refractivity contribution in [3.8, 4) is 0 Å². The van der Waals surface area contributed by atoms with Crippen LogP contribution in [0.2, 0.25) is 10.0 Å². The van der Waals surface area contributed by atoms with Crippen molar-refractivity contribution in [2.75, 3.05) is 0 Å². The van der Waals surface area contributed by atoms with Crippen LogP contribution in [0.5, 0.6) is 0 Å². The van der Waals surface area contributed by atoms with E-state index >= 15 is 4.39 Å². The fourth-order valence-corrected chi connectivity index (χ4v) is 6.41. The van der Waals surface area contributed by atoms with E-state index in [9.17, 15) is 32.7 Å². The minimum Gasteiger partial charge on any atom is -0.481 e. The summed E-state index contributed by atoms with van der Waals surface area (Å²) in [5, 5.41) is 15.6. The van der Waals surface area contributed by atoms with Gasteiger partial charge in [-0.1, -0.05) is 42.5 Å². The summed E-state index contributed by atoms with van der Waals surface area (Å²) in [7, 11) is 0. The number of alkyl halides is 4. The van der Waals surface area contributed by atoms with Crippen LogP contribution in [0.3, 0.4) is 0 Å². The Balaban J connectivity index is 1.63. The highest BCUT2D eigenvalue weighted by Crippen LogP contribution is 2.44. The molecule has 0 aliphatic heterocycles. The first kappa shape index (κ1) is 31.2. The molecule has 2 fully saturated rings. The highest BCUT2D eigenvalue weighted by atomic mass is 35.5. The maximum atomic E-state index is 16.2. The minimum absolute atomic E-state index is 0.0127. The second kappa shape index (κ2) is 11.9. The van der Waals surface area contributed by atoms with Crippen molar-refractivity contribution in [2.24, 2.45) is 5.41 Å². The average molecular weight is 621 g/mol. The molecule has 2 N–H and O–H groups in total. The van der Waals surface area contributed by atoms with E-state index < -0.39 is 64.7 Å². The lowest BCUT2D eigenvalue weighted by Gasteiger charge is -2.37. The zero-order valence-corrected chi connectivity index (χ0v) is 23.8. The Bertz CT molecular complexity index is 1300. The zero-order chi connectivity index (χ0) is 30.2. The topological polar surface area (TPSA) is 114 Å². The predicted octanol–water partition coefficient (Wildman–Crippen LogP) is 6.85. The summed E-state index contributed by atoms with van der Waals surface area (Å²) in [6.45, 7) is 1.55. The molecule has 8 nitrogen and oxygen atoms in total. The first-order chi connectivity index (χ1) is 19.2. The van der Waals surface area contributed by atoms with Gasteiger partial charge in [0.15, 0.2) is 11.5 Å². The number of carboxylic acid groups (broad SMARTS) is 1. The largest absolute Gasteiger partial charge is 0.481 e. The van der Waals surface area contributed by atoms with Crippen LogP contribution in [0.15, 0.2) is 18.6 Å². The van der Waals surface area contributed by atoms with E-state index in [2.05, 4.69) is 15.4 Å². The van der Waals surface area contributed by atoms with Crippen molar-refractivity contribution in [3.63, 3.8) is 0 Å². The maximum absolute atomic E-state index is 16.2. The summed E-state index contributed by atoms with van der Waals surface area (Å²) >= 11 is 12.2. The monoisotopic (exact) mass is 620 g/mol. The maximum Gasteiger partial charge on any atom is 0.433 e. The van der Waals surface area contributed by atoms with Gasteiger partial charge in [-0.3, -0.25) is 24.0 Å². The number of amides is 1. The molecule has 0 aromatic carbocycles. The molecule has 4 rings (SSSR count). The molecule has 2 aliphatic rings. The Morgan fingerprint density at radius 3 is 2.20 bits per heavy atom. The number of hydrogen-bond acceptors (Lipinski definition) is 5. The van der Waals surface area contributed by atoms with Crippen LogP contribution >= 0.6 is 23.2 Å². The van der Waals surface area contributed by atoms with Crippen LogP contribution < -0.4 is 5.32 Å².